The lowest BCUT2D eigenvalue weighted by molar-refractivity contribution is -0.120. The number of alkyl halides is 2. The van der Waals surface area contributed by atoms with Gasteiger partial charge in [0.15, 0.2) is 0 Å². The van der Waals surface area contributed by atoms with Gasteiger partial charge in [-0.1, -0.05) is 11.6 Å². The van der Waals surface area contributed by atoms with Crippen molar-refractivity contribution in [3.8, 4) is 0 Å². The van der Waals surface area contributed by atoms with Crippen LogP contribution in [0.3, 0.4) is 0 Å². The Bertz CT molecular complexity index is 892. The van der Waals surface area contributed by atoms with Crippen LogP contribution in [0.1, 0.15) is 23.2 Å². The van der Waals surface area contributed by atoms with Crippen LogP contribution in [0.25, 0.3) is 0 Å². The predicted molar refractivity (Wildman–Crippen MR) is 111 cm³/mol. The summed E-state index contributed by atoms with van der Waals surface area (Å²) >= 11 is 6.24. The average molecular weight is 456 g/mol. The van der Waals surface area contributed by atoms with Gasteiger partial charge in [-0.15, -0.1) is 0 Å². The van der Waals surface area contributed by atoms with Crippen molar-refractivity contribution in [1.82, 2.24) is 20.4 Å². The minimum atomic E-state index is -2.79. The van der Waals surface area contributed by atoms with Gasteiger partial charge in [0.2, 0.25) is 5.91 Å². The van der Waals surface area contributed by atoms with E-state index in [-0.39, 0.29) is 31.3 Å². The van der Waals surface area contributed by atoms with Crippen LogP contribution in [0, 0.1) is 0 Å². The summed E-state index contributed by atoms with van der Waals surface area (Å²) in [4.78, 5) is 41.3. The Morgan fingerprint density at radius 3 is 2.55 bits per heavy atom. The van der Waals surface area contributed by atoms with Crippen molar-refractivity contribution in [1.29, 1.82) is 0 Å². The van der Waals surface area contributed by atoms with Gasteiger partial charge in [0.25, 0.3) is 11.8 Å². The predicted octanol–water partition coefficient (Wildman–Crippen LogP) is 1.54. The van der Waals surface area contributed by atoms with E-state index in [0.29, 0.717) is 55.4 Å². The van der Waals surface area contributed by atoms with Gasteiger partial charge in [-0.25, -0.2) is 13.6 Å². The van der Waals surface area contributed by atoms with Crippen LogP contribution in [0.4, 0.5) is 19.3 Å². The highest BCUT2D eigenvalue weighted by atomic mass is 35.5. The molecule has 3 aliphatic heterocycles. The number of piperidine rings is 1. The number of nitrogens with one attached hydrogen (secondary N) is 2. The standard InChI is InChI=1S/C20H24ClF2N5O3/c21-14-2-1-13(11-15(14)28-6-4-17(29)25-19(28)31)18(30)27-9-7-26(8-10-27)16-3-5-24-12-20(16,22)23/h1-2,11,16,24H,3-10,12H2,(H,25,29,31)/t16-/m0/s1. The Hall–Kier alpha value is -2.30. The minimum absolute atomic E-state index is 0.142. The van der Waals surface area contributed by atoms with E-state index in [2.05, 4.69) is 10.6 Å². The molecule has 168 valence electrons. The molecule has 1 aromatic rings. The molecule has 0 bridgehead atoms. The molecular weight excluding hydrogens is 432 g/mol. The molecule has 0 saturated carbocycles. The highest BCUT2D eigenvalue weighted by molar-refractivity contribution is 6.34. The largest absolute Gasteiger partial charge is 0.336 e. The number of benzene rings is 1. The van der Waals surface area contributed by atoms with Crippen LogP contribution in [0.5, 0.6) is 0 Å². The zero-order valence-electron chi connectivity index (χ0n) is 16.9. The number of hydrogen-bond donors (Lipinski definition) is 2. The molecule has 3 aliphatic rings. The Morgan fingerprint density at radius 2 is 1.87 bits per heavy atom. The Labute approximate surface area is 183 Å². The highest BCUT2D eigenvalue weighted by Gasteiger charge is 2.45. The molecule has 11 heteroatoms. The smallest absolute Gasteiger partial charge is 0.328 e. The van der Waals surface area contributed by atoms with Crippen molar-refractivity contribution >= 4 is 35.1 Å². The highest BCUT2D eigenvalue weighted by Crippen LogP contribution is 2.31. The van der Waals surface area contributed by atoms with Crippen LogP contribution in [-0.4, -0.2) is 85.4 Å². The summed E-state index contributed by atoms with van der Waals surface area (Å²) in [6.07, 6.45) is 0.519. The molecule has 0 radical (unpaired) electrons. The Morgan fingerprint density at radius 1 is 1.13 bits per heavy atom. The zero-order valence-corrected chi connectivity index (χ0v) is 17.6. The monoisotopic (exact) mass is 455 g/mol. The summed E-state index contributed by atoms with van der Waals surface area (Å²) in [7, 11) is 0. The van der Waals surface area contributed by atoms with E-state index in [1.54, 1.807) is 21.9 Å². The van der Waals surface area contributed by atoms with E-state index in [1.807, 2.05) is 0 Å². The number of carbonyl (C=O) groups is 3. The first-order chi connectivity index (χ1) is 14.8. The summed E-state index contributed by atoms with van der Waals surface area (Å²) in [5, 5.41) is 5.26. The lowest BCUT2D eigenvalue weighted by Gasteiger charge is -2.44. The van der Waals surface area contributed by atoms with Gasteiger partial charge < -0.3 is 10.2 Å². The number of hydrogen-bond acceptors (Lipinski definition) is 5. The molecule has 3 fully saturated rings. The summed E-state index contributed by atoms with van der Waals surface area (Å²) in [6.45, 7) is 1.85. The third-order valence-electron chi connectivity index (χ3n) is 6.02. The average Bonchev–Trinajstić information content (AvgIpc) is 2.74. The second-order valence-corrected chi connectivity index (χ2v) is 8.40. The normalized spacial score (nSPS) is 24.8. The van der Waals surface area contributed by atoms with E-state index < -0.39 is 18.0 Å². The second-order valence-electron chi connectivity index (χ2n) is 7.99. The lowest BCUT2D eigenvalue weighted by Crippen LogP contribution is -2.61. The van der Waals surface area contributed by atoms with Crippen LogP contribution in [-0.2, 0) is 4.79 Å². The van der Waals surface area contributed by atoms with Gasteiger partial charge in [-0.3, -0.25) is 24.7 Å². The molecule has 4 amide bonds. The van der Waals surface area contributed by atoms with Gasteiger partial charge in [0.1, 0.15) is 0 Å². The van der Waals surface area contributed by atoms with E-state index in [1.165, 1.54) is 11.0 Å². The van der Waals surface area contributed by atoms with E-state index in [4.69, 9.17) is 11.6 Å². The van der Waals surface area contributed by atoms with Gasteiger partial charge in [-0.2, -0.15) is 0 Å². The molecule has 8 nitrogen and oxygen atoms in total. The molecule has 1 atom stereocenters. The van der Waals surface area contributed by atoms with E-state index in [9.17, 15) is 23.2 Å². The number of urea groups is 1. The summed E-state index contributed by atoms with van der Waals surface area (Å²) in [5.41, 5.74) is 0.704. The fourth-order valence-electron chi connectivity index (χ4n) is 4.34. The number of halogens is 3. The van der Waals surface area contributed by atoms with Crippen molar-refractivity contribution in [2.24, 2.45) is 0 Å². The maximum absolute atomic E-state index is 14.2. The summed E-state index contributed by atoms with van der Waals surface area (Å²) in [6, 6.07) is 3.26. The van der Waals surface area contributed by atoms with Gasteiger partial charge in [0.05, 0.1) is 23.3 Å². The molecule has 1 aromatic carbocycles. The van der Waals surface area contributed by atoms with Gasteiger partial charge in [-0.05, 0) is 31.2 Å². The van der Waals surface area contributed by atoms with Crippen LogP contribution in [0.2, 0.25) is 5.02 Å². The number of anilines is 1. The number of imide groups is 1. The minimum Gasteiger partial charge on any atom is -0.336 e. The van der Waals surface area contributed by atoms with Gasteiger partial charge in [0, 0.05) is 44.7 Å². The summed E-state index contributed by atoms with van der Waals surface area (Å²) < 4.78 is 28.5. The first-order valence-electron chi connectivity index (χ1n) is 10.3. The van der Waals surface area contributed by atoms with Crippen LogP contribution in [0.15, 0.2) is 18.2 Å². The fraction of sp³-hybridized carbons (Fsp3) is 0.550. The maximum Gasteiger partial charge on any atom is 0.328 e. The quantitative estimate of drug-likeness (QED) is 0.722. The first-order valence-corrected chi connectivity index (χ1v) is 10.7. The third kappa shape index (κ3) is 4.51. The van der Waals surface area contributed by atoms with Crippen molar-refractivity contribution < 1.29 is 23.2 Å². The third-order valence-corrected chi connectivity index (χ3v) is 6.34. The number of amides is 4. The molecule has 2 N–H and O–H groups in total. The second kappa shape index (κ2) is 8.68. The van der Waals surface area contributed by atoms with E-state index in [0.717, 1.165) is 0 Å². The molecule has 3 saturated heterocycles. The van der Waals surface area contributed by atoms with Crippen molar-refractivity contribution in [2.45, 2.75) is 24.8 Å². The molecule has 0 unspecified atom stereocenters. The number of carbonyl (C=O) groups excluding carboxylic acids is 3. The van der Waals surface area contributed by atoms with Gasteiger partial charge >= 0.3 is 6.03 Å². The topological polar surface area (TPSA) is 85.0 Å². The van der Waals surface area contributed by atoms with E-state index >= 15 is 0 Å². The Balaban J connectivity index is 1.43. The zero-order chi connectivity index (χ0) is 22.2. The molecule has 31 heavy (non-hydrogen) atoms. The Kier molecular flexibility index (Phi) is 6.14. The fourth-order valence-corrected chi connectivity index (χ4v) is 4.56. The first kappa shape index (κ1) is 21.9. The molecular formula is C20H24ClF2N5O3. The van der Waals surface area contributed by atoms with Crippen LogP contribution < -0.4 is 15.5 Å². The lowest BCUT2D eigenvalue weighted by atomic mass is 9.99. The number of rotatable bonds is 3. The molecule has 3 heterocycles. The maximum atomic E-state index is 14.2. The number of nitrogens with zero attached hydrogens (tertiary/aromatic N) is 3. The van der Waals surface area contributed by atoms with Crippen molar-refractivity contribution in [3.63, 3.8) is 0 Å². The van der Waals surface area contributed by atoms with Crippen molar-refractivity contribution in [2.75, 3.05) is 50.7 Å². The van der Waals surface area contributed by atoms with Crippen molar-refractivity contribution in [3.05, 3.63) is 28.8 Å². The summed E-state index contributed by atoms with van der Waals surface area (Å²) in [5.74, 6) is -3.39. The number of piperazine rings is 1. The SMILES string of the molecule is O=C1CCN(c2cc(C(=O)N3CCN([C@H]4CCNCC4(F)F)CC3)ccc2Cl)C(=O)N1. The molecule has 4 rings (SSSR count). The molecule has 0 aromatic heterocycles. The van der Waals surface area contributed by atoms with Crippen LogP contribution >= 0.6 is 11.6 Å². The molecule has 0 spiro atoms. The molecule has 0 aliphatic carbocycles.